The molecule has 1 aliphatic rings. The van der Waals surface area contributed by atoms with Crippen LogP contribution in [0.2, 0.25) is 0 Å². The molecule has 0 saturated heterocycles. The molecule has 70 heavy (non-hydrogen) atoms. The van der Waals surface area contributed by atoms with E-state index in [-0.39, 0.29) is 48.6 Å². The molecule has 18 nitrogen and oxygen atoms in total. The number of hydrogen-bond acceptors (Lipinski definition) is 14. The van der Waals surface area contributed by atoms with Gasteiger partial charge in [0.1, 0.15) is 36.4 Å². The van der Waals surface area contributed by atoms with Crippen molar-refractivity contribution < 1.29 is 62.7 Å². The lowest BCUT2D eigenvalue weighted by Gasteiger charge is -2.19. The predicted octanol–water partition coefficient (Wildman–Crippen LogP) is 9.18. The van der Waals surface area contributed by atoms with Crippen molar-refractivity contribution >= 4 is 46.8 Å². The Labute approximate surface area is 419 Å². The smallest absolute Gasteiger partial charge is 0.326 e. The lowest BCUT2D eigenvalue weighted by atomic mass is 9.84. The van der Waals surface area contributed by atoms with Crippen molar-refractivity contribution in [1.82, 2.24) is 10.6 Å². The van der Waals surface area contributed by atoms with Crippen molar-refractivity contribution in [3.05, 3.63) is 0 Å². The van der Waals surface area contributed by atoms with E-state index < -0.39 is 35.7 Å². The van der Waals surface area contributed by atoms with E-state index in [9.17, 15) is 33.6 Å². The van der Waals surface area contributed by atoms with Gasteiger partial charge in [-0.2, -0.15) is 5.11 Å². The van der Waals surface area contributed by atoms with Crippen LogP contribution in [0.4, 0.5) is 0 Å². The summed E-state index contributed by atoms with van der Waals surface area (Å²) >= 11 is 0. The Balaban J connectivity index is 0.00000144. The minimum absolute atomic E-state index is 0.0483. The maximum atomic E-state index is 12.3. The molecular weight excluding hydrogens is 903 g/mol. The largest absolute Gasteiger partial charge is 0.481 e. The topological polar surface area (TPSA) is 258 Å². The number of hydrogen-bond donors (Lipinski definition) is 4. The first-order valence-electron chi connectivity index (χ1n) is 26.4. The summed E-state index contributed by atoms with van der Waals surface area (Å²) in [6.07, 6.45) is 21.9. The predicted molar refractivity (Wildman–Crippen MR) is 270 cm³/mol. The van der Waals surface area contributed by atoms with Crippen LogP contribution >= 0.6 is 0 Å². The zero-order valence-corrected chi connectivity index (χ0v) is 43.8. The molecule has 0 spiro atoms. The van der Waals surface area contributed by atoms with E-state index in [0.717, 1.165) is 37.8 Å². The van der Waals surface area contributed by atoms with Gasteiger partial charge in [-0.3, -0.25) is 28.8 Å². The zero-order chi connectivity index (χ0) is 52.1. The number of carbonyl (C=O) groups excluding carboxylic acids is 5. The molecule has 0 radical (unpaired) electrons. The highest BCUT2D eigenvalue weighted by Gasteiger charge is 2.26. The summed E-state index contributed by atoms with van der Waals surface area (Å²) in [5, 5.41) is 34.8. The van der Waals surface area contributed by atoms with Gasteiger partial charge < -0.3 is 39.8 Å². The third-order valence-electron chi connectivity index (χ3n) is 11.8. The molecule has 0 aromatic rings. The lowest BCUT2D eigenvalue weighted by Crippen LogP contribution is -2.40. The summed E-state index contributed by atoms with van der Waals surface area (Å²) in [6, 6.07) is -0.748. The van der Waals surface area contributed by atoms with Crippen LogP contribution in [-0.2, 0) is 52.5 Å². The van der Waals surface area contributed by atoms with Crippen LogP contribution in [0.25, 0.3) is 0 Å². The molecule has 0 aromatic carbocycles. The highest BCUT2D eigenvalue weighted by Crippen LogP contribution is 2.23. The maximum Gasteiger partial charge on any atom is 0.326 e. The van der Waals surface area contributed by atoms with Crippen LogP contribution in [-0.4, -0.2) is 129 Å². The molecule has 2 amide bonds. The second-order valence-corrected chi connectivity index (χ2v) is 19.0. The average molecular weight is 996 g/mol. The molecule has 2 atom stereocenters. The fraction of sp³-hybridized carbons (Fsp3) is 0.846. The van der Waals surface area contributed by atoms with Crippen molar-refractivity contribution in [2.75, 3.05) is 65.9 Å². The quantitative estimate of drug-likeness (QED) is 0.0328. The number of ketones is 3. The number of Topliss-reactive ketones (excluding diaryl/α,β-unsaturated/α-hetero) is 3. The van der Waals surface area contributed by atoms with Gasteiger partial charge in [-0.1, -0.05) is 112 Å². The first-order valence-corrected chi connectivity index (χ1v) is 26.4. The number of amides is 2. The number of carbonyl (C=O) groups is 7. The Hall–Kier alpha value is -4.00. The molecule has 18 heteroatoms. The van der Waals surface area contributed by atoms with Gasteiger partial charge in [0.05, 0.1) is 52.0 Å². The van der Waals surface area contributed by atoms with Crippen molar-refractivity contribution in [3.63, 3.8) is 0 Å². The Kier molecular flexibility index (Phi) is 42.3. The number of rotatable bonds is 47. The van der Waals surface area contributed by atoms with Gasteiger partial charge in [-0.05, 0) is 56.6 Å². The molecule has 1 unspecified atom stereocenters. The van der Waals surface area contributed by atoms with E-state index in [2.05, 4.69) is 26.1 Å². The average Bonchev–Trinajstić information content (AvgIpc) is 3.84. The van der Waals surface area contributed by atoms with E-state index >= 15 is 0 Å². The molecule has 0 saturated carbocycles. The second-order valence-electron chi connectivity index (χ2n) is 19.0. The molecule has 1 rings (SSSR count). The van der Waals surface area contributed by atoms with Gasteiger partial charge >= 0.3 is 11.9 Å². The van der Waals surface area contributed by atoms with Gasteiger partial charge in [-0.25, -0.2) is 4.79 Å². The van der Waals surface area contributed by atoms with E-state index in [0.29, 0.717) is 111 Å². The first-order chi connectivity index (χ1) is 33.6. The zero-order valence-electron chi connectivity index (χ0n) is 43.8. The Bertz CT molecular complexity index is 1500. The first kappa shape index (κ1) is 66.0. The van der Waals surface area contributed by atoms with E-state index in [1.165, 1.54) is 64.2 Å². The highest BCUT2D eigenvalue weighted by atomic mass is 16.6. The van der Waals surface area contributed by atoms with E-state index in [1.807, 2.05) is 27.7 Å². The fourth-order valence-corrected chi connectivity index (χ4v) is 7.28. The monoisotopic (exact) mass is 996 g/mol. The minimum Gasteiger partial charge on any atom is -0.481 e. The Morgan fingerprint density at radius 1 is 0.600 bits per heavy atom. The van der Waals surface area contributed by atoms with Crippen molar-refractivity contribution in [2.24, 2.45) is 26.8 Å². The number of carboxylic acid groups (broad SMARTS) is 2. The van der Waals surface area contributed by atoms with Crippen LogP contribution < -0.4 is 10.6 Å². The molecular formula is C52H93N5O13. The van der Waals surface area contributed by atoms with Crippen molar-refractivity contribution in [1.29, 1.82) is 0 Å². The van der Waals surface area contributed by atoms with E-state index in [4.69, 9.17) is 29.2 Å². The van der Waals surface area contributed by atoms with Gasteiger partial charge in [-0.15, -0.1) is 5.10 Å². The van der Waals surface area contributed by atoms with Crippen LogP contribution in [0.1, 0.15) is 202 Å². The summed E-state index contributed by atoms with van der Waals surface area (Å²) < 4.78 is 21.6. The number of nitrogens with zero attached hydrogens (tertiary/aromatic N) is 3. The maximum absolute atomic E-state index is 12.3. The van der Waals surface area contributed by atoms with Crippen molar-refractivity contribution in [3.8, 4) is 0 Å². The number of nitrogens with one attached hydrogen (secondary N) is 2. The van der Waals surface area contributed by atoms with Gasteiger partial charge in [0.2, 0.25) is 11.8 Å². The van der Waals surface area contributed by atoms with Gasteiger partial charge in [0.15, 0.2) is 0 Å². The van der Waals surface area contributed by atoms with Gasteiger partial charge in [0, 0.05) is 56.6 Å². The van der Waals surface area contributed by atoms with Gasteiger partial charge in [0.25, 0.3) is 0 Å². The van der Waals surface area contributed by atoms with Crippen LogP contribution in [0.3, 0.4) is 0 Å². The van der Waals surface area contributed by atoms with Crippen LogP contribution in [0.15, 0.2) is 15.4 Å². The SMILES string of the molecule is CCC(=O)CCCOCCOCCOCCOCCC(=O)NCCCC[C@H](CCC(=O)C(C)(C)C)C(=O)CC(=O)O.CCC(NC(=O)CCCCCCCCCCCCCCCC1=NN=NC1)C(=O)O. The molecule has 4 N–H and O–H groups in total. The second kappa shape index (κ2) is 44.9. The summed E-state index contributed by atoms with van der Waals surface area (Å²) in [6.45, 7) is 13.7. The third-order valence-corrected chi connectivity index (χ3v) is 11.8. The number of unbranched alkanes of at least 4 members (excludes halogenated alkanes) is 13. The molecule has 404 valence electrons. The van der Waals surface area contributed by atoms with E-state index in [1.54, 1.807) is 6.92 Å². The molecule has 0 bridgehead atoms. The molecule has 1 aliphatic heterocycles. The normalized spacial score (nSPS) is 13.0. The van der Waals surface area contributed by atoms with Crippen LogP contribution in [0, 0.1) is 11.3 Å². The minimum atomic E-state index is -1.16. The molecule has 1 heterocycles. The molecule has 0 fully saturated rings. The lowest BCUT2D eigenvalue weighted by molar-refractivity contribution is -0.142. The fourth-order valence-electron chi connectivity index (χ4n) is 7.28. The standard InChI is InChI=1S/C30H53NO10.C22H40N4O3/c1-5-25(32)10-8-15-38-17-19-40-21-22-41-20-18-39-16-13-28(35)31-14-7-6-9-24(26(33)23-29(36)37)11-12-27(34)30(2,3)4;1-2-20(22(28)29)24-21(27)17-15-13-11-9-7-5-3-4-6-8-10-12-14-16-19-18-23-26-25-19/h24H,5-23H2,1-4H3,(H,31,35)(H,36,37);20H,2-18H2,1H3,(H,24,27)(H,28,29)/t24-;/m1./s1. The summed E-state index contributed by atoms with van der Waals surface area (Å²) in [5.74, 6) is -2.91. The summed E-state index contributed by atoms with van der Waals surface area (Å²) in [7, 11) is 0. The Morgan fingerprint density at radius 3 is 1.64 bits per heavy atom. The van der Waals surface area contributed by atoms with Crippen molar-refractivity contribution in [2.45, 2.75) is 208 Å². The number of ether oxygens (including phenoxy) is 4. The molecule has 0 aromatic heterocycles. The highest BCUT2D eigenvalue weighted by molar-refractivity contribution is 5.96. The summed E-state index contributed by atoms with van der Waals surface area (Å²) in [5.41, 5.74) is 0.641. The number of carboxylic acids is 2. The summed E-state index contributed by atoms with van der Waals surface area (Å²) in [4.78, 5) is 81.2. The Morgan fingerprint density at radius 2 is 1.14 bits per heavy atom. The number of aliphatic carboxylic acids is 2. The van der Waals surface area contributed by atoms with Crippen LogP contribution in [0.5, 0.6) is 0 Å². The molecule has 0 aliphatic carbocycles. The third kappa shape index (κ3) is 41.8.